The first-order chi connectivity index (χ1) is 13.5. The van der Waals surface area contributed by atoms with Gasteiger partial charge in [-0.25, -0.2) is 13.1 Å². The van der Waals surface area contributed by atoms with Gasteiger partial charge >= 0.3 is 0 Å². The van der Waals surface area contributed by atoms with Crippen LogP contribution < -0.4 is 15.4 Å². The predicted octanol–water partition coefficient (Wildman–Crippen LogP) is 3.74. The number of hydrogen-bond donors (Lipinski definition) is 3. The molecule has 0 aromatic heterocycles. The number of sulfonamides is 1. The maximum absolute atomic E-state index is 12.1. The molecular weight excluding hydrogens is 374 g/mol. The molecule has 0 fully saturated rings. The van der Waals surface area contributed by atoms with Gasteiger partial charge in [0, 0.05) is 30.0 Å². The Balaban J connectivity index is 1.47. The molecular formula is C21H21N3O3S. The Hall–Kier alpha value is -3.16. The molecule has 1 amide bonds. The quantitative estimate of drug-likeness (QED) is 0.542. The van der Waals surface area contributed by atoms with Gasteiger partial charge in [0.25, 0.3) is 0 Å². The zero-order valence-electron chi connectivity index (χ0n) is 15.1. The Morgan fingerprint density at radius 3 is 1.89 bits per heavy atom. The van der Waals surface area contributed by atoms with Gasteiger partial charge in [-0.3, -0.25) is 4.79 Å². The molecule has 3 N–H and O–H groups in total. The van der Waals surface area contributed by atoms with E-state index in [9.17, 15) is 13.2 Å². The fourth-order valence-corrected chi connectivity index (χ4v) is 3.58. The van der Waals surface area contributed by atoms with Crippen molar-refractivity contribution in [2.24, 2.45) is 0 Å². The van der Waals surface area contributed by atoms with Crippen LogP contribution in [0.5, 0.6) is 0 Å². The summed E-state index contributed by atoms with van der Waals surface area (Å²) in [5.41, 5.74) is 2.53. The average molecular weight is 395 g/mol. The molecule has 0 unspecified atom stereocenters. The highest BCUT2D eigenvalue weighted by Gasteiger charge is 2.13. The first-order valence-corrected chi connectivity index (χ1v) is 10.3. The highest BCUT2D eigenvalue weighted by atomic mass is 32.2. The van der Waals surface area contributed by atoms with E-state index in [1.165, 1.54) is 12.1 Å². The molecule has 0 aliphatic rings. The van der Waals surface area contributed by atoms with Gasteiger partial charge in [-0.15, -0.1) is 0 Å². The highest BCUT2D eigenvalue weighted by molar-refractivity contribution is 7.89. The van der Waals surface area contributed by atoms with Crippen molar-refractivity contribution in [3.63, 3.8) is 0 Å². The fraction of sp³-hybridized carbons (Fsp3) is 0.0952. The van der Waals surface area contributed by atoms with Crippen molar-refractivity contribution in [1.82, 2.24) is 4.72 Å². The lowest BCUT2D eigenvalue weighted by atomic mass is 10.2. The summed E-state index contributed by atoms with van der Waals surface area (Å²) in [4.78, 5) is 12.2. The number of anilines is 3. The Morgan fingerprint density at radius 1 is 0.714 bits per heavy atom. The van der Waals surface area contributed by atoms with E-state index in [1.807, 2.05) is 42.5 Å². The van der Waals surface area contributed by atoms with Crippen LogP contribution in [0.4, 0.5) is 17.1 Å². The van der Waals surface area contributed by atoms with Crippen LogP contribution in [0.25, 0.3) is 0 Å². The molecule has 3 aromatic rings. The maximum atomic E-state index is 12.1. The standard InChI is InChI=1S/C21H21N3O3S/c25-21(15-16-22-28(26,27)20-9-5-2-6-10-20)24-19-13-11-18(12-14-19)23-17-7-3-1-4-8-17/h1-14,22-23H,15-16H2,(H,24,25). The van der Waals surface area contributed by atoms with Gasteiger partial charge in [0.1, 0.15) is 0 Å². The molecule has 7 heteroatoms. The fourth-order valence-electron chi connectivity index (χ4n) is 2.53. The van der Waals surface area contributed by atoms with Gasteiger partial charge < -0.3 is 10.6 Å². The number of carbonyl (C=O) groups is 1. The smallest absolute Gasteiger partial charge is 0.240 e. The summed E-state index contributed by atoms with van der Waals surface area (Å²) in [6.07, 6.45) is 0.0378. The molecule has 0 aliphatic heterocycles. The minimum Gasteiger partial charge on any atom is -0.356 e. The van der Waals surface area contributed by atoms with Crippen LogP contribution in [0.15, 0.2) is 89.8 Å². The SMILES string of the molecule is O=C(CCNS(=O)(=O)c1ccccc1)Nc1ccc(Nc2ccccc2)cc1. The van der Waals surface area contributed by atoms with Crippen molar-refractivity contribution in [3.8, 4) is 0 Å². The topological polar surface area (TPSA) is 87.3 Å². The van der Waals surface area contributed by atoms with E-state index < -0.39 is 10.0 Å². The van der Waals surface area contributed by atoms with E-state index in [0.717, 1.165) is 11.4 Å². The second-order valence-electron chi connectivity index (χ2n) is 6.08. The van der Waals surface area contributed by atoms with Crippen molar-refractivity contribution >= 4 is 33.0 Å². The summed E-state index contributed by atoms with van der Waals surface area (Å²) in [5.74, 6) is -0.264. The van der Waals surface area contributed by atoms with Crippen molar-refractivity contribution in [1.29, 1.82) is 0 Å². The van der Waals surface area contributed by atoms with E-state index in [2.05, 4.69) is 15.4 Å². The first-order valence-electron chi connectivity index (χ1n) is 8.80. The molecule has 0 aliphatic carbocycles. The molecule has 0 heterocycles. The third-order valence-electron chi connectivity index (χ3n) is 3.93. The van der Waals surface area contributed by atoms with Gasteiger partial charge in [-0.2, -0.15) is 0 Å². The molecule has 0 spiro atoms. The van der Waals surface area contributed by atoms with E-state index in [1.54, 1.807) is 30.3 Å². The Morgan fingerprint density at radius 2 is 1.25 bits per heavy atom. The normalized spacial score (nSPS) is 11.0. The first kappa shape index (κ1) is 19.6. The third kappa shape index (κ3) is 5.67. The number of carbonyl (C=O) groups excluding carboxylic acids is 1. The molecule has 3 rings (SSSR count). The second kappa shape index (κ2) is 9.16. The second-order valence-corrected chi connectivity index (χ2v) is 7.84. The van der Waals surface area contributed by atoms with E-state index in [0.29, 0.717) is 5.69 Å². The summed E-state index contributed by atoms with van der Waals surface area (Å²) in [6, 6.07) is 25.1. The Labute approximate surface area is 164 Å². The van der Waals surface area contributed by atoms with Crippen LogP contribution in [-0.2, 0) is 14.8 Å². The molecule has 3 aromatic carbocycles. The summed E-state index contributed by atoms with van der Waals surface area (Å²) in [6.45, 7) is 0.0245. The van der Waals surface area contributed by atoms with Gasteiger partial charge in [0.15, 0.2) is 0 Å². The molecule has 0 radical (unpaired) electrons. The number of para-hydroxylation sites is 1. The minimum atomic E-state index is -3.60. The van der Waals surface area contributed by atoms with E-state index in [4.69, 9.17) is 0 Å². The Kier molecular flexibility index (Phi) is 6.41. The number of benzene rings is 3. The zero-order valence-corrected chi connectivity index (χ0v) is 15.9. The maximum Gasteiger partial charge on any atom is 0.240 e. The highest BCUT2D eigenvalue weighted by Crippen LogP contribution is 2.18. The van der Waals surface area contributed by atoms with Gasteiger partial charge in [-0.05, 0) is 48.5 Å². The number of amides is 1. The lowest BCUT2D eigenvalue weighted by Gasteiger charge is -2.09. The molecule has 0 saturated carbocycles. The zero-order chi connectivity index (χ0) is 19.8. The van der Waals surface area contributed by atoms with Crippen molar-refractivity contribution in [2.75, 3.05) is 17.2 Å². The average Bonchev–Trinajstić information content (AvgIpc) is 2.71. The van der Waals surface area contributed by atoms with Crippen LogP contribution in [0.1, 0.15) is 6.42 Å². The number of nitrogens with one attached hydrogen (secondary N) is 3. The van der Waals surface area contributed by atoms with Crippen LogP contribution in [-0.4, -0.2) is 20.9 Å². The van der Waals surface area contributed by atoms with Crippen LogP contribution in [0.2, 0.25) is 0 Å². The van der Waals surface area contributed by atoms with Crippen molar-refractivity contribution in [3.05, 3.63) is 84.9 Å². The van der Waals surface area contributed by atoms with E-state index >= 15 is 0 Å². The van der Waals surface area contributed by atoms with Gasteiger partial charge in [0.2, 0.25) is 15.9 Å². The Bertz CT molecular complexity index is 1010. The largest absolute Gasteiger partial charge is 0.356 e. The lowest BCUT2D eigenvalue weighted by Crippen LogP contribution is -2.27. The lowest BCUT2D eigenvalue weighted by molar-refractivity contribution is -0.116. The molecule has 6 nitrogen and oxygen atoms in total. The van der Waals surface area contributed by atoms with Crippen molar-refractivity contribution in [2.45, 2.75) is 11.3 Å². The molecule has 28 heavy (non-hydrogen) atoms. The summed E-state index contributed by atoms with van der Waals surface area (Å²) in [5, 5.41) is 6.02. The van der Waals surface area contributed by atoms with Crippen molar-refractivity contribution < 1.29 is 13.2 Å². The number of rotatable bonds is 8. The minimum absolute atomic E-state index is 0.0245. The van der Waals surface area contributed by atoms with Crippen LogP contribution in [0, 0.1) is 0 Å². The molecule has 144 valence electrons. The molecule has 0 saturated heterocycles. The monoisotopic (exact) mass is 395 g/mol. The molecule has 0 bridgehead atoms. The predicted molar refractivity (Wildman–Crippen MR) is 111 cm³/mol. The van der Waals surface area contributed by atoms with Gasteiger partial charge in [-0.1, -0.05) is 36.4 Å². The van der Waals surface area contributed by atoms with E-state index in [-0.39, 0.29) is 23.8 Å². The summed E-state index contributed by atoms with van der Waals surface area (Å²) >= 11 is 0. The summed E-state index contributed by atoms with van der Waals surface area (Å²) in [7, 11) is -3.60. The van der Waals surface area contributed by atoms with Crippen LogP contribution in [0.3, 0.4) is 0 Å². The molecule has 0 atom stereocenters. The third-order valence-corrected chi connectivity index (χ3v) is 5.41. The van der Waals surface area contributed by atoms with Gasteiger partial charge in [0.05, 0.1) is 4.90 Å². The number of hydrogen-bond acceptors (Lipinski definition) is 4. The van der Waals surface area contributed by atoms with Crippen LogP contribution >= 0.6 is 0 Å². The summed E-state index contributed by atoms with van der Waals surface area (Å²) < 4.78 is 26.6.